The summed E-state index contributed by atoms with van der Waals surface area (Å²) in [6.45, 7) is 0.992. The third-order valence-corrected chi connectivity index (χ3v) is 4.59. The Balaban J connectivity index is 2.12. The molecule has 3 N–H and O–H groups in total. The molecule has 2 rings (SSSR count). The topological polar surface area (TPSA) is 92.5 Å². The number of nitrogens with zero attached hydrogens (tertiary/aromatic N) is 1. The molecule has 1 aromatic rings. The Morgan fingerprint density at radius 1 is 1.42 bits per heavy atom. The summed E-state index contributed by atoms with van der Waals surface area (Å²) in [5.74, 6) is -1.19. The molecule has 0 radical (unpaired) electrons. The second-order valence-electron chi connectivity index (χ2n) is 4.23. The van der Waals surface area contributed by atoms with Crippen LogP contribution in [0, 0.1) is 5.82 Å². The van der Waals surface area contributed by atoms with Gasteiger partial charge in [0.15, 0.2) is 9.84 Å². The molecule has 1 heterocycles. The van der Waals surface area contributed by atoms with Crippen LogP contribution in [-0.4, -0.2) is 44.7 Å². The highest BCUT2D eigenvalue weighted by Crippen LogP contribution is 2.18. The first-order valence-electron chi connectivity index (χ1n) is 5.71. The van der Waals surface area contributed by atoms with Crippen LogP contribution in [0.15, 0.2) is 23.1 Å². The fourth-order valence-corrected chi connectivity index (χ4v) is 3.15. The van der Waals surface area contributed by atoms with E-state index >= 15 is 0 Å². The van der Waals surface area contributed by atoms with Crippen LogP contribution < -0.4 is 11.1 Å². The molecule has 1 fully saturated rings. The third kappa shape index (κ3) is 2.95. The van der Waals surface area contributed by atoms with Gasteiger partial charge in [-0.2, -0.15) is 0 Å². The highest BCUT2D eigenvalue weighted by atomic mass is 32.2. The standard InChI is InChI=1S/C11H14FN3O3S/c12-9-7-8(13)1-2-10(9)19(17,18)6-5-15-4-3-14-11(15)16/h1-2,7H,3-6,13H2,(H,14,16). The highest BCUT2D eigenvalue weighted by Gasteiger charge is 2.24. The maximum Gasteiger partial charge on any atom is 0.317 e. The largest absolute Gasteiger partial charge is 0.399 e. The average Bonchev–Trinajstić information content (AvgIpc) is 2.72. The quantitative estimate of drug-likeness (QED) is 0.774. The van der Waals surface area contributed by atoms with E-state index in [0.29, 0.717) is 13.1 Å². The number of benzene rings is 1. The molecule has 104 valence electrons. The minimum atomic E-state index is -3.77. The number of anilines is 1. The maximum atomic E-state index is 13.6. The Hall–Kier alpha value is -1.83. The van der Waals surface area contributed by atoms with E-state index in [9.17, 15) is 17.6 Å². The molecule has 19 heavy (non-hydrogen) atoms. The molecule has 0 spiro atoms. The molecule has 0 bridgehead atoms. The van der Waals surface area contributed by atoms with Crippen molar-refractivity contribution in [2.75, 3.05) is 31.1 Å². The number of nitrogens with two attached hydrogens (primary N) is 1. The molecule has 0 saturated carbocycles. The van der Waals surface area contributed by atoms with E-state index in [2.05, 4.69) is 5.32 Å². The molecule has 8 heteroatoms. The summed E-state index contributed by atoms with van der Waals surface area (Å²) in [5.41, 5.74) is 5.53. The van der Waals surface area contributed by atoms with Crippen LogP contribution in [0.25, 0.3) is 0 Å². The summed E-state index contributed by atoms with van der Waals surface area (Å²) in [7, 11) is -3.77. The zero-order valence-corrected chi connectivity index (χ0v) is 10.9. The minimum absolute atomic E-state index is 0.0397. The molecule has 1 aliphatic rings. The summed E-state index contributed by atoms with van der Waals surface area (Å²) >= 11 is 0. The zero-order valence-electron chi connectivity index (χ0n) is 10.1. The van der Waals surface area contributed by atoms with Crippen molar-refractivity contribution in [3.8, 4) is 0 Å². The first kappa shape index (κ1) is 13.6. The Morgan fingerprint density at radius 3 is 2.74 bits per heavy atom. The number of urea groups is 1. The predicted molar refractivity (Wildman–Crippen MR) is 67.8 cm³/mol. The van der Waals surface area contributed by atoms with Gasteiger partial charge in [0.1, 0.15) is 10.7 Å². The van der Waals surface area contributed by atoms with Crippen molar-refractivity contribution in [2.24, 2.45) is 0 Å². The van der Waals surface area contributed by atoms with Crippen LogP contribution in [0.2, 0.25) is 0 Å². The fraction of sp³-hybridized carbons (Fsp3) is 0.364. The lowest BCUT2D eigenvalue weighted by Gasteiger charge is -2.14. The van der Waals surface area contributed by atoms with Crippen LogP contribution in [0.1, 0.15) is 0 Å². The van der Waals surface area contributed by atoms with E-state index in [4.69, 9.17) is 5.73 Å². The number of halogens is 1. The summed E-state index contributed by atoms with van der Waals surface area (Å²) in [6, 6.07) is 3.14. The number of carbonyl (C=O) groups is 1. The first-order chi connectivity index (χ1) is 8.90. The molecule has 2 amide bonds. The van der Waals surface area contributed by atoms with Crippen LogP contribution in [0.3, 0.4) is 0 Å². The van der Waals surface area contributed by atoms with Gasteiger partial charge in [0, 0.05) is 25.3 Å². The number of sulfone groups is 1. The van der Waals surface area contributed by atoms with Crippen molar-refractivity contribution >= 4 is 21.6 Å². The van der Waals surface area contributed by atoms with Crippen molar-refractivity contribution < 1.29 is 17.6 Å². The predicted octanol–water partition coefficient (Wildman–Crippen LogP) is 0.207. The molecule has 0 atom stereocenters. The molecular weight excluding hydrogens is 273 g/mol. The second kappa shape index (κ2) is 5.04. The summed E-state index contributed by atoms with van der Waals surface area (Å²) in [4.78, 5) is 12.3. The van der Waals surface area contributed by atoms with Crippen LogP contribution in [-0.2, 0) is 9.84 Å². The van der Waals surface area contributed by atoms with Gasteiger partial charge >= 0.3 is 6.03 Å². The van der Waals surface area contributed by atoms with Crippen molar-refractivity contribution in [1.82, 2.24) is 10.2 Å². The second-order valence-corrected chi connectivity index (χ2v) is 6.31. The van der Waals surface area contributed by atoms with Crippen molar-refractivity contribution in [2.45, 2.75) is 4.90 Å². The molecule has 0 aliphatic carbocycles. The number of hydrogen-bond acceptors (Lipinski definition) is 4. The van der Waals surface area contributed by atoms with E-state index in [-0.39, 0.29) is 28.9 Å². The summed E-state index contributed by atoms with van der Waals surface area (Å²) < 4.78 is 37.5. The van der Waals surface area contributed by atoms with E-state index < -0.39 is 15.7 Å². The van der Waals surface area contributed by atoms with E-state index in [1.807, 2.05) is 0 Å². The highest BCUT2D eigenvalue weighted by molar-refractivity contribution is 7.91. The fourth-order valence-electron chi connectivity index (χ4n) is 1.83. The summed E-state index contributed by atoms with van der Waals surface area (Å²) in [6.07, 6.45) is 0. The number of nitrogens with one attached hydrogen (secondary N) is 1. The molecule has 1 aromatic carbocycles. The van der Waals surface area contributed by atoms with E-state index in [1.165, 1.54) is 11.0 Å². The Kier molecular flexibility index (Phi) is 3.61. The maximum absolute atomic E-state index is 13.6. The molecule has 1 saturated heterocycles. The van der Waals surface area contributed by atoms with Crippen molar-refractivity contribution in [1.29, 1.82) is 0 Å². The van der Waals surface area contributed by atoms with E-state index in [0.717, 1.165) is 12.1 Å². The lowest BCUT2D eigenvalue weighted by molar-refractivity contribution is 0.220. The average molecular weight is 287 g/mol. The zero-order chi connectivity index (χ0) is 14.0. The van der Waals surface area contributed by atoms with Gasteiger partial charge in [-0.25, -0.2) is 17.6 Å². The number of amides is 2. The number of rotatable bonds is 4. The van der Waals surface area contributed by atoms with Gasteiger partial charge in [0.05, 0.1) is 5.75 Å². The van der Waals surface area contributed by atoms with Crippen molar-refractivity contribution in [3.05, 3.63) is 24.0 Å². The lowest BCUT2D eigenvalue weighted by Crippen LogP contribution is -2.32. The van der Waals surface area contributed by atoms with Crippen LogP contribution in [0.5, 0.6) is 0 Å². The van der Waals surface area contributed by atoms with Gasteiger partial charge in [-0.1, -0.05) is 0 Å². The van der Waals surface area contributed by atoms with Crippen molar-refractivity contribution in [3.63, 3.8) is 0 Å². The molecule has 0 unspecified atom stereocenters. The van der Waals surface area contributed by atoms with Crippen LogP contribution in [0.4, 0.5) is 14.9 Å². The summed E-state index contributed by atoms with van der Waals surface area (Å²) in [5, 5.41) is 2.57. The van der Waals surface area contributed by atoms with E-state index in [1.54, 1.807) is 0 Å². The molecular formula is C11H14FN3O3S. The SMILES string of the molecule is Nc1ccc(S(=O)(=O)CCN2CCNC2=O)c(F)c1. The lowest BCUT2D eigenvalue weighted by atomic mass is 10.3. The molecule has 6 nitrogen and oxygen atoms in total. The van der Waals surface area contributed by atoms with Gasteiger partial charge in [0.2, 0.25) is 0 Å². The van der Waals surface area contributed by atoms with Gasteiger partial charge < -0.3 is 16.0 Å². The third-order valence-electron chi connectivity index (χ3n) is 2.87. The van der Waals surface area contributed by atoms with Gasteiger partial charge in [-0.3, -0.25) is 0 Å². The number of hydrogen-bond donors (Lipinski definition) is 2. The first-order valence-corrected chi connectivity index (χ1v) is 7.36. The van der Waals surface area contributed by atoms with Crippen LogP contribution >= 0.6 is 0 Å². The molecule has 1 aliphatic heterocycles. The molecule has 0 aromatic heterocycles. The minimum Gasteiger partial charge on any atom is -0.399 e. The monoisotopic (exact) mass is 287 g/mol. The van der Waals surface area contributed by atoms with Gasteiger partial charge in [-0.05, 0) is 18.2 Å². The number of nitrogen functional groups attached to an aromatic ring is 1. The normalized spacial score (nSPS) is 15.6. The Labute approximate surface area is 110 Å². The Morgan fingerprint density at radius 2 is 2.16 bits per heavy atom. The Bertz CT molecular complexity index is 603. The van der Waals surface area contributed by atoms with Gasteiger partial charge in [-0.15, -0.1) is 0 Å². The van der Waals surface area contributed by atoms with Gasteiger partial charge in [0.25, 0.3) is 0 Å². The smallest absolute Gasteiger partial charge is 0.317 e. The number of carbonyl (C=O) groups excluding carboxylic acids is 1.